The summed E-state index contributed by atoms with van der Waals surface area (Å²) in [7, 11) is 0. The number of nitrogens with zero attached hydrogens (tertiary/aromatic N) is 2. The topological polar surface area (TPSA) is 43.8 Å². The quantitative estimate of drug-likeness (QED) is 0.823. The van der Waals surface area contributed by atoms with Gasteiger partial charge < -0.3 is 5.73 Å². The normalized spacial score (nSPS) is 28.4. The Morgan fingerprint density at radius 1 is 1.53 bits per heavy atom. The molecule has 1 aliphatic carbocycles. The molecule has 3 nitrogen and oxygen atoms in total. The largest absolute Gasteiger partial charge is 0.327 e. The molecule has 1 aromatic rings. The molecular weight excluding hydrogens is 186 g/mol. The molecule has 0 aliphatic heterocycles. The molecule has 3 heteroatoms. The fourth-order valence-electron chi connectivity index (χ4n) is 2.35. The van der Waals surface area contributed by atoms with E-state index < -0.39 is 0 Å². The molecule has 0 aromatic carbocycles. The van der Waals surface area contributed by atoms with E-state index in [-0.39, 0.29) is 5.41 Å². The summed E-state index contributed by atoms with van der Waals surface area (Å²) >= 11 is 0. The lowest BCUT2D eigenvalue weighted by Crippen LogP contribution is -2.11. The molecule has 2 rings (SSSR count). The maximum atomic E-state index is 6.09. The van der Waals surface area contributed by atoms with Gasteiger partial charge >= 0.3 is 0 Å². The predicted octanol–water partition coefficient (Wildman–Crippen LogP) is 1.99. The highest BCUT2D eigenvalue weighted by Crippen LogP contribution is 2.57. The maximum Gasteiger partial charge on any atom is 0.0492 e. The van der Waals surface area contributed by atoms with Gasteiger partial charge in [-0.25, -0.2) is 0 Å². The molecule has 1 heterocycles. The Bertz CT molecular complexity index is 352. The molecule has 0 radical (unpaired) electrons. The molecule has 0 spiro atoms. The maximum absolute atomic E-state index is 6.09. The fraction of sp³-hybridized carbons (Fsp3) is 0.750. The Balaban J connectivity index is 2.20. The minimum absolute atomic E-state index is 0.245. The first-order valence-electron chi connectivity index (χ1n) is 5.72. The Kier molecular flexibility index (Phi) is 2.38. The van der Waals surface area contributed by atoms with Crippen molar-refractivity contribution in [1.82, 2.24) is 9.78 Å². The third-order valence-electron chi connectivity index (χ3n) is 3.52. The highest BCUT2D eigenvalue weighted by molar-refractivity contribution is 5.28. The summed E-state index contributed by atoms with van der Waals surface area (Å²) in [5.74, 6) is 1.11. The fourth-order valence-corrected chi connectivity index (χ4v) is 2.35. The van der Waals surface area contributed by atoms with E-state index in [0.717, 1.165) is 6.54 Å². The first-order valence-corrected chi connectivity index (χ1v) is 5.72. The SMILES string of the molecule is CC(C)Cn1nccc1C1C(N)C1(C)C. The van der Waals surface area contributed by atoms with Crippen molar-refractivity contribution in [3.05, 3.63) is 18.0 Å². The summed E-state index contributed by atoms with van der Waals surface area (Å²) in [5.41, 5.74) is 7.65. The summed E-state index contributed by atoms with van der Waals surface area (Å²) in [6, 6.07) is 2.40. The molecule has 1 aromatic heterocycles. The number of aromatic nitrogens is 2. The van der Waals surface area contributed by atoms with Crippen molar-refractivity contribution in [2.75, 3.05) is 0 Å². The molecule has 0 bridgehead atoms. The van der Waals surface area contributed by atoms with Crippen LogP contribution in [0, 0.1) is 11.3 Å². The van der Waals surface area contributed by atoms with Crippen LogP contribution in [0.15, 0.2) is 12.3 Å². The zero-order valence-corrected chi connectivity index (χ0v) is 10.1. The standard InChI is InChI=1S/C12H21N3/c1-8(2)7-15-9(5-6-14-15)10-11(13)12(10,3)4/h5-6,8,10-11H,7,13H2,1-4H3. The highest BCUT2D eigenvalue weighted by Gasteiger charge is 2.57. The molecule has 2 unspecified atom stereocenters. The zero-order valence-electron chi connectivity index (χ0n) is 10.1. The Morgan fingerprint density at radius 3 is 2.60 bits per heavy atom. The third-order valence-corrected chi connectivity index (χ3v) is 3.52. The van der Waals surface area contributed by atoms with Crippen LogP contribution < -0.4 is 5.73 Å². The van der Waals surface area contributed by atoms with E-state index >= 15 is 0 Å². The lowest BCUT2D eigenvalue weighted by Gasteiger charge is -2.10. The monoisotopic (exact) mass is 207 g/mol. The lowest BCUT2D eigenvalue weighted by atomic mass is 10.1. The smallest absolute Gasteiger partial charge is 0.0492 e. The van der Waals surface area contributed by atoms with Crippen LogP contribution in [0.25, 0.3) is 0 Å². The molecule has 15 heavy (non-hydrogen) atoms. The van der Waals surface area contributed by atoms with Crippen LogP contribution in [0.2, 0.25) is 0 Å². The molecule has 84 valence electrons. The van der Waals surface area contributed by atoms with Gasteiger partial charge in [-0.05, 0) is 17.4 Å². The number of hydrogen-bond acceptors (Lipinski definition) is 2. The minimum atomic E-state index is 0.245. The van der Waals surface area contributed by atoms with Crippen molar-refractivity contribution in [1.29, 1.82) is 0 Å². The van der Waals surface area contributed by atoms with Gasteiger partial charge in [-0.2, -0.15) is 5.10 Å². The van der Waals surface area contributed by atoms with Crippen molar-refractivity contribution in [2.24, 2.45) is 17.1 Å². The van der Waals surface area contributed by atoms with E-state index in [1.54, 1.807) is 0 Å². The molecule has 0 saturated heterocycles. The minimum Gasteiger partial charge on any atom is -0.327 e. The van der Waals surface area contributed by atoms with Crippen molar-refractivity contribution < 1.29 is 0 Å². The van der Waals surface area contributed by atoms with Crippen molar-refractivity contribution in [3.63, 3.8) is 0 Å². The van der Waals surface area contributed by atoms with Gasteiger partial charge in [-0.15, -0.1) is 0 Å². The average Bonchev–Trinajstić information content (AvgIpc) is 2.47. The summed E-state index contributed by atoms with van der Waals surface area (Å²) in [6.07, 6.45) is 1.89. The van der Waals surface area contributed by atoms with Crippen LogP contribution in [-0.4, -0.2) is 15.8 Å². The van der Waals surface area contributed by atoms with E-state index in [2.05, 4.69) is 43.5 Å². The van der Waals surface area contributed by atoms with Crippen molar-refractivity contribution >= 4 is 0 Å². The van der Waals surface area contributed by atoms with Gasteiger partial charge in [0, 0.05) is 30.4 Å². The van der Waals surface area contributed by atoms with Crippen molar-refractivity contribution in [2.45, 2.75) is 46.2 Å². The Labute approximate surface area is 91.7 Å². The van der Waals surface area contributed by atoms with Crippen LogP contribution >= 0.6 is 0 Å². The van der Waals surface area contributed by atoms with Crippen molar-refractivity contribution in [3.8, 4) is 0 Å². The highest BCUT2D eigenvalue weighted by atomic mass is 15.3. The molecule has 0 amide bonds. The predicted molar refractivity (Wildman–Crippen MR) is 61.6 cm³/mol. The van der Waals surface area contributed by atoms with Gasteiger partial charge in [0.25, 0.3) is 0 Å². The first kappa shape index (κ1) is 10.7. The zero-order chi connectivity index (χ0) is 11.2. The van der Waals surface area contributed by atoms with Gasteiger partial charge in [0.2, 0.25) is 0 Å². The first-order chi connectivity index (χ1) is 6.94. The molecule has 2 N–H and O–H groups in total. The Hall–Kier alpha value is -0.830. The Morgan fingerprint density at radius 2 is 2.13 bits per heavy atom. The molecular formula is C12H21N3. The van der Waals surface area contributed by atoms with Gasteiger partial charge in [0.1, 0.15) is 0 Å². The molecule has 1 saturated carbocycles. The molecule has 1 aliphatic rings. The molecule has 2 atom stereocenters. The second-order valence-electron chi connectivity index (χ2n) is 5.66. The average molecular weight is 207 g/mol. The summed E-state index contributed by atoms with van der Waals surface area (Å²) in [4.78, 5) is 0. The van der Waals surface area contributed by atoms with Gasteiger partial charge in [0.05, 0.1) is 0 Å². The summed E-state index contributed by atoms with van der Waals surface area (Å²) < 4.78 is 2.12. The summed E-state index contributed by atoms with van der Waals surface area (Å²) in [5, 5.41) is 4.38. The van der Waals surface area contributed by atoms with Crippen LogP contribution in [0.5, 0.6) is 0 Å². The van der Waals surface area contributed by atoms with Crippen LogP contribution in [-0.2, 0) is 6.54 Å². The molecule has 1 fully saturated rings. The number of rotatable bonds is 3. The summed E-state index contributed by atoms with van der Waals surface area (Å²) in [6.45, 7) is 9.87. The van der Waals surface area contributed by atoms with Gasteiger partial charge in [-0.3, -0.25) is 4.68 Å². The van der Waals surface area contributed by atoms with E-state index in [4.69, 9.17) is 5.73 Å². The van der Waals surface area contributed by atoms with Gasteiger partial charge in [0.15, 0.2) is 0 Å². The van der Waals surface area contributed by atoms with Gasteiger partial charge in [-0.1, -0.05) is 27.7 Å². The van der Waals surface area contributed by atoms with Crippen LogP contribution in [0.1, 0.15) is 39.3 Å². The second-order valence-corrected chi connectivity index (χ2v) is 5.66. The van der Waals surface area contributed by atoms with E-state index in [1.807, 2.05) is 6.20 Å². The second kappa shape index (κ2) is 3.34. The van der Waals surface area contributed by atoms with Crippen LogP contribution in [0.4, 0.5) is 0 Å². The number of hydrogen-bond donors (Lipinski definition) is 1. The van der Waals surface area contributed by atoms with Crippen LogP contribution in [0.3, 0.4) is 0 Å². The van der Waals surface area contributed by atoms with E-state index in [1.165, 1.54) is 5.69 Å². The lowest BCUT2D eigenvalue weighted by molar-refractivity contribution is 0.461. The third kappa shape index (κ3) is 1.69. The number of nitrogens with two attached hydrogens (primary N) is 1. The van der Waals surface area contributed by atoms with E-state index in [9.17, 15) is 0 Å². The van der Waals surface area contributed by atoms with E-state index in [0.29, 0.717) is 17.9 Å².